The molecular weight excluding hydrogens is 182 g/mol. The van der Waals surface area contributed by atoms with Crippen LogP contribution in [0, 0.1) is 10.1 Å². The van der Waals surface area contributed by atoms with E-state index >= 15 is 0 Å². The molecule has 0 aromatic heterocycles. The third-order valence-corrected chi connectivity index (χ3v) is 1.70. The molecule has 5 nitrogen and oxygen atoms in total. The zero-order chi connectivity index (χ0) is 10.6. The molecule has 0 aliphatic heterocycles. The highest BCUT2D eigenvalue weighted by molar-refractivity contribution is 5.64. The summed E-state index contributed by atoms with van der Waals surface area (Å²) in [6, 6.07) is 4.63. The molecule has 0 radical (unpaired) electrons. The maximum absolute atomic E-state index is 10.5. The largest absolute Gasteiger partial charge is 0.393 e. The van der Waals surface area contributed by atoms with E-state index in [1.54, 1.807) is 18.2 Å². The van der Waals surface area contributed by atoms with E-state index < -0.39 is 4.92 Å². The molecule has 0 aliphatic rings. The van der Waals surface area contributed by atoms with Gasteiger partial charge in [0.1, 0.15) is 5.69 Å². The number of nitrogens with zero attached hydrogens (tertiary/aromatic N) is 1. The van der Waals surface area contributed by atoms with Crippen LogP contribution in [0.1, 0.15) is 5.56 Å². The normalized spacial score (nSPS) is 10.6. The average molecular weight is 193 g/mol. The molecule has 4 N–H and O–H groups in total. The molecule has 14 heavy (non-hydrogen) atoms. The van der Waals surface area contributed by atoms with E-state index in [1.807, 2.05) is 0 Å². The molecule has 0 bridgehead atoms. The van der Waals surface area contributed by atoms with Crippen molar-refractivity contribution in [2.24, 2.45) is 5.73 Å². The highest BCUT2D eigenvalue weighted by Gasteiger charge is 2.10. The zero-order valence-electron chi connectivity index (χ0n) is 7.51. The van der Waals surface area contributed by atoms with Crippen molar-refractivity contribution in [3.63, 3.8) is 0 Å². The lowest BCUT2D eigenvalue weighted by molar-refractivity contribution is -0.383. The molecule has 74 valence electrons. The van der Waals surface area contributed by atoms with Gasteiger partial charge in [-0.1, -0.05) is 18.2 Å². The quantitative estimate of drug-likeness (QED) is 0.427. The fourth-order valence-corrected chi connectivity index (χ4v) is 1.03. The Balaban J connectivity index is 3.06. The van der Waals surface area contributed by atoms with Crippen molar-refractivity contribution in [3.8, 4) is 0 Å². The summed E-state index contributed by atoms with van der Waals surface area (Å²) in [7, 11) is 0. The molecule has 0 spiro atoms. The van der Waals surface area contributed by atoms with Gasteiger partial charge >= 0.3 is 0 Å². The number of nitro benzene ring substituents is 1. The van der Waals surface area contributed by atoms with Gasteiger partial charge in [0.2, 0.25) is 0 Å². The first-order valence-electron chi connectivity index (χ1n) is 4.05. The smallest absolute Gasteiger partial charge is 0.292 e. The lowest BCUT2D eigenvalue weighted by atomic mass is 10.1. The van der Waals surface area contributed by atoms with E-state index in [-0.39, 0.29) is 11.4 Å². The number of benzene rings is 1. The van der Waals surface area contributed by atoms with Crippen molar-refractivity contribution in [1.29, 1.82) is 0 Å². The van der Waals surface area contributed by atoms with Gasteiger partial charge < -0.3 is 11.5 Å². The molecule has 0 saturated heterocycles. The summed E-state index contributed by atoms with van der Waals surface area (Å²) in [4.78, 5) is 10.0. The third-order valence-electron chi connectivity index (χ3n) is 1.70. The van der Waals surface area contributed by atoms with Crippen molar-refractivity contribution in [2.45, 2.75) is 0 Å². The Kier molecular flexibility index (Phi) is 3.19. The van der Waals surface area contributed by atoms with Crippen molar-refractivity contribution < 1.29 is 4.92 Å². The molecule has 0 saturated carbocycles. The molecule has 0 amide bonds. The van der Waals surface area contributed by atoms with Crippen LogP contribution in [-0.2, 0) is 0 Å². The molecule has 0 fully saturated rings. The second-order valence-electron chi connectivity index (χ2n) is 2.71. The number of hydrogen-bond acceptors (Lipinski definition) is 4. The number of nitrogen functional groups attached to an aromatic ring is 1. The second-order valence-corrected chi connectivity index (χ2v) is 2.71. The van der Waals surface area contributed by atoms with Crippen molar-refractivity contribution in [1.82, 2.24) is 0 Å². The van der Waals surface area contributed by atoms with E-state index in [9.17, 15) is 10.1 Å². The molecule has 5 heteroatoms. The summed E-state index contributed by atoms with van der Waals surface area (Å²) in [6.07, 6.45) is 3.43. The molecule has 1 aromatic rings. The summed E-state index contributed by atoms with van der Waals surface area (Å²) >= 11 is 0. The predicted octanol–water partition coefficient (Wildman–Crippen LogP) is 1.15. The Bertz CT molecular complexity index is 374. The predicted molar refractivity (Wildman–Crippen MR) is 55.6 cm³/mol. The van der Waals surface area contributed by atoms with Gasteiger partial charge in [-0.3, -0.25) is 10.1 Å². The lowest BCUT2D eigenvalue weighted by Crippen LogP contribution is -1.96. The second kappa shape index (κ2) is 4.38. The number of nitro groups is 1. The highest BCUT2D eigenvalue weighted by Crippen LogP contribution is 2.22. The van der Waals surface area contributed by atoms with E-state index in [1.165, 1.54) is 12.1 Å². The van der Waals surface area contributed by atoms with Crippen molar-refractivity contribution in [2.75, 3.05) is 12.3 Å². The van der Waals surface area contributed by atoms with Crippen LogP contribution in [0.3, 0.4) is 0 Å². The van der Waals surface area contributed by atoms with Gasteiger partial charge in [-0.25, -0.2) is 0 Å². The topological polar surface area (TPSA) is 95.2 Å². The van der Waals surface area contributed by atoms with E-state index in [2.05, 4.69) is 0 Å². The number of anilines is 1. The van der Waals surface area contributed by atoms with E-state index in [4.69, 9.17) is 11.5 Å². The maximum atomic E-state index is 10.5. The minimum Gasteiger partial charge on any atom is -0.393 e. The van der Waals surface area contributed by atoms with E-state index in [0.717, 1.165) is 5.56 Å². The molecular formula is C9H11N3O2. The Morgan fingerprint density at radius 3 is 2.79 bits per heavy atom. The summed E-state index contributed by atoms with van der Waals surface area (Å²) in [5.41, 5.74) is 11.5. The number of nitrogens with two attached hydrogens (primary N) is 2. The zero-order valence-corrected chi connectivity index (χ0v) is 7.51. The first kappa shape index (κ1) is 10.2. The fourth-order valence-electron chi connectivity index (χ4n) is 1.03. The SMILES string of the molecule is NCC=Cc1ccc(N)c([N+](=O)[O-])c1. The minimum absolute atomic E-state index is 0.0795. The van der Waals surface area contributed by atoms with Gasteiger partial charge in [-0.15, -0.1) is 0 Å². The van der Waals surface area contributed by atoms with Crippen LogP contribution in [0.5, 0.6) is 0 Å². The van der Waals surface area contributed by atoms with Crippen LogP contribution in [0.25, 0.3) is 6.08 Å². The van der Waals surface area contributed by atoms with Gasteiger partial charge in [-0.05, 0) is 11.6 Å². The number of rotatable bonds is 3. The fraction of sp³-hybridized carbons (Fsp3) is 0.111. The van der Waals surface area contributed by atoms with Gasteiger partial charge in [0, 0.05) is 12.6 Å². The molecule has 1 aromatic carbocycles. The molecule has 0 aliphatic carbocycles. The monoisotopic (exact) mass is 193 g/mol. The number of hydrogen-bond donors (Lipinski definition) is 2. The highest BCUT2D eigenvalue weighted by atomic mass is 16.6. The van der Waals surface area contributed by atoms with Crippen molar-refractivity contribution >= 4 is 17.5 Å². The summed E-state index contributed by atoms with van der Waals surface area (Å²) in [6.45, 7) is 0.401. The lowest BCUT2D eigenvalue weighted by Gasteiger charge is -1.98. The van der Waals surface area contributed by atoms with Crippen molar-refractivity contribution in [3.05, 3.63) is 40.0 Å². The van der Waals surface area contributed by atoms with Crippen LogP contribution in [0.15, 0.2) is 24.3 Å². The van der Waals surface area contributed by atoms with Gasteiger partial charge in [0.15, 0.2) is 0 Å². The van der Waals surface area contributed by atoms with Crippen LogP contribution < -0.4 is 11.5 Å². The van der Waals surface area contributed by atoms with Crippen LogP contribution in [0.4, 0.5) is 11.4 Å². The van der Waals surface area contributed by atoms with Crippen LogP contribution >= 0.6 is 0 Å². The Hall–Kier alpha value is -1.88. The van der Waals surface area contributed by atoms with E-state index in [0.29, 0.717) is 6.54 Å². The summed E-state index contributed by atoms with van der Waals surface area (Å²) < 4.78 is 0. The minimum atomic E-state index is -0.505. The average Bonchev–Trinajstić information content (AvgIpc) is 2.16. The maximum Gasteiger partial charge on any atom is 0.292 e. The molecule has 0 atom stereocenters. The Morgan fingerprint density at radius 1 is 1.50 bits per heavy atom. The van der Waals surface area contributed by atoms with Gasteiger partial charge in [0.05, 0.1) is 4.92 Å². The van der Waals surface area contributed by atoms with Gasteiger partial charge in [-0.2, -0.15) is 0 Å². The van der Waals surface area contributed by atoms with Crippen LogP contribution in [-0.4, -0.2) is 11.5 Å². The standard InChI is InChI=1S/C9H11N3O2/c10-5-1-2-7-3-4-8(11)9(6-7)12(13)14/h1-4,6H,5,10-11H2. The van der Waals surface area contributed by atoms with Crippen LogP contribution in [0.2, 0.25) is 0 Å². The van der Waals surface area contributed by atoms with Gasteiger partial charge in [0.25, 0.3) is 5.69 Å². The molecule has 0 heterocycles. The summed E-state index contributed by atoms with van der Waals surface area (Å²) in [5, 5.41) is 10.5. The molecule has 0 unspecified atom stereocenters. The Labute approximate surface area is 81.2 Å². The Morgan fingerprint density at radius 2 is 2.21 bits per heavy atom. The molecule has 1 rings (SSSR count). The summed E-state index contributed by atoms with van der Waals surface area (Å²) in [5.74, 6) is 0. The first-order valence-corrected chi connectivity index (χ1v) is 4.05. The third kappa shape index (κ3) is 2.30. The first-order chi connectivity index (χ1) is 6.65.